The van der Waals surface area contributed by atoms with E-state index in [1.54, 1.807) is 43.3 Å². The molecule has 6 nitrogen and oxygen atoms in total. The minimum absolute atomic E-state index is 0.0389. The van der Waals surface area contributed by atoms with E-state index in [-0.39, 0.29) is 17.7 Å². The van der Waals surface area contributed by atoms with Gasteiger partial charge >= 0.3 is 0 Å². The first-order valence-electron chi connectivity index (χ1n) is 9.99. The van der Waals surface area contributed by atoms with E-state index in [0.717, 1.165) is 17.5 Å². The van der Waals surface area contributed by atoms with Crippen LogP contribution >= 0.6 is 11.6 Å². The van der Waals surface area contributed by atoms with Crippen molar-refractivity contribution >= 4 is 35.0 Å². The molecule has 0 spiro atoms. The molecule has 1 aliphatic heterocycles. The lowest BCUT2D eigenvalue weighted by Gasteiger charge is -2.37. The number of hydrogen-bond donors (Lipinski definition) is 1. The Kier molecular flexibility index (Phi) is 6.77. The number of anilines is 1. The number of benzene rings is 2. The van der Waals surface area contributed by atoms with Crippen LogP contribution < -0.4 is 5.32 Å². The molecule has 0 radical (unpaired) electrons. The summed E-state index contributed by atoms with van der Waals surface area (Å²) in [6, 6.07) is 11.7. The van der Waals surface area contributed by atoms with E-state index < -0.39 is 6.04 Å². The van der Waals surface area contributed by atoms with Gasteiger partial charge in [0.05, 0.1) is 0 Å². The fraction of sp³-hybridized carbons (Fsp3) is 0.348. The van der Waals surface area contributed by atoms with Gasteiger partial charge in [0.2, 0.25) is 11.8 Å². The molecule has 0 saturated heterocycles. The highest BCUT2D eigenvalue weighted by Crippen LogP contribution is 2.28. The normalized spacial score (nSPS) is 15.3. The van der Waals surface area contributed by atoms with Crippen LogP contribution in [0.2, 0.25) is 5.02 Å². The molecule has 2 aromatic rings. The quantitative estimate of drug-likeness (QED) is 0.790. The second kappa shape index (κ2) is 9.30. The summed E-state index contributed by atoms with van der Waals surface area (Å²) < 4.78 is 0. The molecular formula is C23H26ClN3O3. The Balaban J connectivity index is 1.92. The molecule has 1 N–H and O–H groups in total. The van der Waals surface area contributed by atoms with E-state index in [1.165, 1.54) is 4.90 Å². The van der Waals surface area contributed by atoms with Crippen molar-refractivity contribution in [3.05, 3.63) is 64.2 Å². The van der Waals surface area contributed by atoms with Crippen LogP contribution in [-0.2, 0) is 22.6 Å². The Morgan fingerprint density at radius 2 is 1.80 bits per heavy atom. The lowest BCUT2D eigenvalue weighted by Crippen LogP contribution is -2.52. The molecule has 1 atom stereocenters. The van der Waals surface area contributed by atoms with Gasteiger partial charge in [-0.25, -0.2) is 0 Å². The Hall–Kier alpha value is -2.86. The number of nitrogens with one attached hydrogen (secondary N) is 1. The molecule has 0 aliphatic carbocycles. The molecule has 3 amide bonds. The van der Waals surface area contributed by atoms with Crippen molar-refractivity contribution in [3.63, 3.8) is 0 Å². The maximum absolute atomic E-state index is 13.2. The average Bonchev–Trinajstić information content (AvgIpc) is 2.72. The number of likely N-dealkylation sites (N-methyl/N-ethyl adjacent to an activating group) is 1. The highest BCUT2D eigenvalue weighted by molar-refractivity contribution is 6.30. The third-order valence-corrected chi connectivity index (χ3v) is 5.43. The van der Waals surface area contributed by atoms with E-state index in [4.69, 9.17) is 11.6 Å². The Morgan fingerprint density at radius 3 is 2.43 bits per heavy atom. The van der Waals surface area contributed by atoms with Gasteiger partial charge < -0.3 is 15.1 Å². The second-order valence-corrected chi connectivity index (χ2v) is 8.11. The zero-order valence-corrected chi connectivity index (χ0v) is 18.2. The van der Waals surface area contributed by atoms with Crippen molar-refractivity contribution in [2.75, 3.05) is 19.4 Å². The monoisotopic (exact) mass is 427 g/mol. The predicted molar refractivity (Wildman–Crippen MR) is 117 cm³/mol. The highest BCUT2D eigenvalue weighted by Gasteiger charge is 2.36. The van der Waals surface area contributed by atoms with Crippen LogP contribution in [0.25, 0.3) is 0 Å². The zero-order chi connectivity index (χ0) is 21.8. The van der Waals surface area contributed by atoms with Gasteiger partial charge in [0.15, 0.2) is 0 Å². The van der Waals surface area contributed by atoms with E-state index in [1.807, 2.05) is 25.1 Å². The van der Waals surface area contributed by atoms with Crippen molar-refractivity contribution in [2.24, 2.45) is 0 Å². The Bertz CT molecular complexity index is 957. The van der Waals surface area contributed by atoms with Gasteiger partial charge in [-0.15, -0.1) is 0 Å². The highest BCUT2D eigenvalue weighted by atomic mass is 35.5. The van der Waals surface area contributed by atoms with Gasteiger partial charge in [-0.2, -0.15) is 0 Å². The smallest absolute Gasteiger partial charge is 0.254 e. The number of amides is 3. The first-order chi connectivity index (χ1) is 14.3. The van der Waals surface area contributed by atoms with E-state index in [2.05, 4.69) is 5.32 Å². The molecule has 0 unspecified atom stereocenters. The summed E-state index contributed by atoms with van der Waals surface area (Å²) in [6.45, 7) is 2.24. The van der Waals surface area contributed by atoms with Crippen LogP contribution in [0.1, 0.15) is 41.3 Å². The first-order valence-corrected chi connectivity index (χ1v) is 10.4. The van der Waals surface area contributed by atoms with Crippen molar-refractivity contribution in [1.29, 1.82) is 0 Å². The van der Waals surface area contributed by atoms with E-state index >= 15 is 0 Å². The summed E-state index contributed by atoms with van der Waals surface area (Å²) >= 11 is 5.95. The molecule has 7 heteroatoms. The molecule has 1 aliphatic rings. The molecule has 0 saturated carbocycles. The number of fused-ring (bicyclic) bond motifs is 1. The number of rotatable bonds is 5. The fourth-order valence-corrected chi connectivity index (χ4v) is 3.73. The molecule has 30 heavy (non-hydrogen) atoms. The van der Waals surface area contributed by atoms with Crippen molar-refractivity contribution in [2.45, 2.75) is 38.8 Å². The van der Waals surface area contributed by atoms with Crippen LogP contribution in [0.3, 0.4) is 0 Å². The maximum atomic E-state index is 13.2. The van der Waals surface area contributed by atoms with Gasteiger partial charge in [0.25, 0.3) is 5.91 Å². The summed E-state index contributed by atoms with van der Waals surface area (Å²) in [5.74, 6) is -0.385. The van der Waals surface area contributed by atoms with Gasteiger partial charge in [-0.1, -0.05) is 24.6 Å². The average molecular weight is 428 g/mol. The predicted octanol–water partition coefficient (Wildman–Crippen LogP) is 3.73. The molecule has 1 heterocycles. The SMILES string of the molecule is CCCC(=O)Nc1ccc2c(c1)CN(C(=O)c1ccc(Cl)cc1)[C@H](C(=O)N(C)C)C2. The lowest BCUT2D eigenvalue weighted by atomic mass is 9.92. The summed E-state index contributed by atoms with van der Waals surface area (Å²) in [6.07, 6.45) is 1.65. The van der Waals surface area contributed by atoms with Crippen molar-refractivity contribution in [1.82, 2.24) is 9.80 Å². The summed E-state index contributed by atoms with van der Waals surface area (Å²) in [5, 5.41) is 3.44. The summed E-state index contributed by atoms with van der Waals surface area (Å²) in [4.78, 5) is 41.2. The van der Waals surface area contributed by atoms with Gasteiger partial charge in [0.1, 0.15) is 6.04 Å². The van der Waals surface area contributed by atoms with Gasteiger partial charge in [0, 0.05) is 49.8 Å². The van der Waals surface area contributed by atoms with Crippen LogP contribution in [0.15, 0.2) is 42.5 Å². The molecule has 158 valence electrons. The molecule has 3 rings (SSSR count). The van der Waals surface area contributed by atoms with Crippen LogP contribution in [0.4, 0.5) is 5.69 Å². The third-order valence-electron chi connectivity index (χ3n) is 5.18. The summed E-state index contributed by atoms with van der Waals surface area (Å²) in [5.41, 5.74) is 3.11. The van der Waals surface area contributed by atoms with Crippen molar-refractivity contribution < 1.29 is 14.4 Å². The largest absolute Gasteiger partial charge is 0.347 e. The molecule has 0 aromatic heterocycles. The molecule has 0 fully saturated rings. The number of hydrogen-bond acceptors (Lipinski definition) is 3. The maximum Gasteiger partial charge on any atom is 0.254 e. The first kappa shape index (κ1) is 21.8. The minimum atomic E-state index is -0.587. The zero-order valence-electron chi connectivity index (χ0n) is 17.4. The minimum Gasteiger partial charge on any atom is -0.347 e. The Labute approximate surface area is 181 Å². The van der Waals surface area contributed by atoms with Crippen molar-refractivity contribution in [3.8, 4) is 0 Å². The topological polar surface area (TPSA) is 69.7 Å². The van der Waals surface area contributed by atoms with Crippen LogP contribution in [0.5, 0.6) is 0 Å². The third kappa shape index (κ3) is 4.82. The molecular weight excluding hydrogens is 402 g/mol. The van der Waals surface area contributed by atoms with Gasteiger partial charge in [-0.05, 0) is 53.9 Å². The number of carbonyl (C=O) groups is 3. The standard InChI is InChI=1S/C23H26ClN3O3/c1-4-5-21(28)25-19-11-8-16-13-20(23(30)26(2)3)27(14-17(16)12-19)22(29)15-6-9-18(24)10-7-15/h6-12,20H,4-5,13-14H2,1-3H3,(H,25,28)/t20-/m0/s1. The fourth-order valence-electron chi connectivity index (χ4n) is 3.60. The second-order valence-electron chi connectivity index (χ2n) is 7.67. The van der Waals surface area contributed by atoms with E-state index in [9.17, 15) is 14.4 Å². The van der Waals surface area contributed by atoms with Crippen LogP contribution in [0, 0.1) is 0 Å². The van der Waals surface area contributed by atoms with Crippen LogP contribution in [-0.4, -0.2) is 47.7 Å². The van der Waals surface area contributed by atoms with E-state index in [0.29, 0.717) is 35.7 Å². The number of halogens is 1. The summed E-state index contributed by atoms with van der Waals surface area (Å²) in [7, 11) is 3.38. The Morgan fingerprint density at radius 1 is 1.10 bits per heavy atom. The van der Waals surface area contributed by atoms with Gasteiger partial charge in [-0.3, -0.25) is 14.4 Å². The number of carbonyl (C=O) groups excluding carboxylic acids is 3. The molecule has 0 bridgehead atoms. The molecule has 2 aromatic carbocycles. The lowest BCUT2D eigenvalue weighted by molar-refractivity contribution is -0.134. The number of nitrogens with zero attached hydrogens (tertiary/aromatic N) is 2.